The highest BCUT2D eigenvalue weighted by atomic mass is 16.3. The van der Waals surface area contributed by atoms with E-state index < -0.39 is 0 Å². The van der Waals surface area contributed by atoms with Crippen LogP contribution in [0.5, 0.6) is 11.5 Å². The van der Waals surface area contributed by atoms with Gasteiger partial charge >= 0.3 is 0 Å². The van der Waals surface area contributed by atoms with Gasteiger partial charge in [0.1, 0.15) is 11.5 Å². The second kappa shape index (κ2) is 6.05. The number of fused-ring (bicyclic) bond motifs is 1. The summed E-state index contributed by atoms with van der Waals surface area (Å²) < 4.78 is 0. The average molecular weight is 429 g/mol. The third-order valence-corrected chi connectivity index (χ3v) is 11.3. The Hall–Kier alpha value is -1.70. The summed E-state index contributed by atoms with van der Waals surface area (Å²) in [6, 6.07) is 7.97. The van der Waals surface area contributed by atoms with Crippen LogP contribution in [0.25, 0.3) is 10.8 Å². The van der Waals surface area contributed by atoms with Crippen molar-refractivity contribution in [2.24, 2.45) is 35.5 Å². The fourth-order valence-corrected chi connectivity index (χ4v) is 11.2. The molecule has 8 bridgehead atoms. The molecule has 0 unspecified atom stereocenters. The number of rotatable bonds is 2. The number of phenolic OH excluding ortho intramolecular Hbond substituents is 2. The molecule has 0 amide bonds. The summed E-state index contributed by atoms with van der Waals surface area (Å²) in [5.41, 5.74) is 3.65. The van der Waals surface area contributed by atoms with E-state index in [-0.39, 0.29) is 10.8 Å². The zero-order valence-corrected chi connectivity index (χ0v) is 19.2. The zero-order valence-electron chi connectivity index (χ0n) is 19.2. The maximum Gasteiger partial charge on any atom is 0.123 e. The molecule has 10 rings (SSSR count). The van der Waals surface area contributed by atoms with Crippen molar-refractivity contribution >= 4 is 10.8 Å². The van der Waals surface area contributed by atoms with Crippen LogP contribution in [-0.2, 0) is 10.8 Å². The smallest absolute Gasteiger partial charge is 0.123 e. The van der Waals surface area contributed by atoms with E-state index >= 15 is 0 Å². The van der Waals surface area contributed by atoms with E-state index in [4.69, 9.17) is 0 Å². The first kappa shape index (κ1) is 18.7. The molecule has 168 valence electrons. The summed E-state index contributed by atoms with van der Waals surface area (Å²) in [5.74, 6) is 6.17. The molecule has 0 spiro atoms. The third kappa shape index (κ3) is 2.42. The van der Waals surface area contributed by atoms with E-state index in [1.807, 2.05) is 12.1 Å². The molecular weight excluding hydrogens is 392 g/mol. The lowest BCUT2D eigenvalue weighted by atomic mass is 9.44. The van der Waals surface area contributed by atoms with Crippen molar-refractivity contribution in [2.75, 3.05) is 0 Å². The van der Waals surface area contributed by atoms with Gasteiger partial charge in [0.15, 0.2) is 0 Å². The molecule has 0 atom stereocenters. The SMILES string of the molecule is Oc1ccc2c(O)cc(C34CC5CC(CC(C5)C3)C4)c(C34CC5CC(CC(C5)C3)C4)c2c1. The van der Waals surface area contributed by atoms with E-state index in [0.717, 1.165) is 40.9 Å². The molecule has 0 radical (unpaired) electrons. The molecule has 0 aromatic heterocycles. The molecule has 2 aromatic rings. The Balaban J connectivity index is 1.41. The second-order valence-corrected chi connectivity index (χ2v) is 13.4. The molecule has 2 N–H and O–H groups in total. The van der Waals surface area contributed by atoms with Gasteiger partial charge in [-0.1, -0.05) is 0 Å². The Morgan fingerprint density at radius 2 is 1.03 bits per heavy atom. The molecule has 32 heavy (non-hydrogen) atoms. The minimum absolute atomic E-state index is 0.268. The van der Waals surface area contributed by atoms with Gasteiger partial charge in [-0.3, -0.25) is 0 Å². The normalized spacial score (nSPS) is 45.8. The van der Waals surface area contributed by atoms with E-state index in [2.05, 4.69) is 6.07 Å². The molecular formula is C30H36O2. The van der Waals surface area contributed by atoms with Crippen molar-refractivity contribution in [3.63, 3.8) is 0 Å². The lowest BCUT2D eigenvalue weighted by molar-refractivity contribution is -0.0169. The number of benzene rings is 2. The standard InChI is InChI=1S/C30H36O2/c31-23-1-2-24-25(9-23)28(30-14-20-6-21(15-30)8-22(7-20)16-30)26(10-27(24)32)29-11-17-3-18(12-29)5-19(4-17)13-29/h1-2,9-10,17-22,31-32H,3-8,11-16H2. The predicted molar refractivity (Wildman–Crippen MR) is 127 cm³/mol. The minimum Gasteiger partial charge on any atom is -0.508 e. The summed E-state index contributed by atoms with van der Waals surface area (Å²) in [7, 11) is 0. The van der Waals surface area contributed by atoms with Gasteiger partial charge in [0.2, 0.25) is 0 Å². The number of phenols is 2. The monoisotopic (exact) mass is 428 g/mol. The van der Waals surface area contributed by atoms with Crippen LogP contribution in [0.4, 0.5) is 0 Å². The number of hydrogen-bond donors (Lipinski definition) is 2. The van der Waals surface area contributed by atoms with Gasteiger partial charge in [0.05, 0.1) is 0 Å². The molecule has 2 aromatic carbocycles. The Morgan fingerprint density at radius 3 is 1.53 bits per heavy atom. The number of hydrogen-bond acceptors (Lipinski definition) is 2. The van der Waals surface area contributed by atoms with Gasteiger partial charge in [0, 0.05) is 5.39 Å². The van der Waals surface area contributed by atoms with Crippen molar-refractivity contribution in [1.29, 1.82) is 0 Å². The molecule has 0 heterocycles. The van der Waals surface area contributed by atoms with Gasteiger partial charge in [-0.25, -0.2) is 0 Å². The van der Waals surface area contributed by atoms with Crippen molar-refractivity contribution in [2.45, 2.75) is 87.9 Å². The molecule has 8 aliphatic carbocycles. The predicted octanol–water partition coefficient (Wildman–Crippen LogP) is 7.19. The Kier molecular flexibility index (Phi) is 3.53. The molecule has 0 saturated heterocycles. The van der Waals surface area contributed by atoms with Crippen LogP contribution < -0.4 is 0 Å². The Bertz CT molecular complexity index is 1060. The van der Waals surface area contributed by atoms with Crippen molar-refractivity contribution < 1.29 is 10.2 Å². The van der Waals surface area contributed by atoms with E-state index in [1.165, 1.54) is 88.0 Å². The maximum absolute atomic E-state index is 11.3. The summed E-state index contributed by atoms with van der Waals surface area (Å²) in [6.07, 6.45) is 16.7. The molecule has 0 aliphatic heterocycles. The van der Waals surface area contributed by atoms with Gasteiger partial charge in [-0.2, -0.15) is 0 Å². The average Bonchev–Trinajstić information content (AvgIpc) is 2.71. The Morgan fingerprint density at radius 1 is 0.562 bits per heavy atom. The highest BCUT2D eigenvalue weighted by Crippen LogP contribution is 2.66. The highest BCUT2D eigenvalue weighted by molar-refractivity contribution is 5.94. The molecule has 2 nitrogen and oxygen atoms in total. The quantitative estimate of drug-likeness (QED) is 0.531. The van der Waals surface area contributed by atoms with Gasteiger partial charge in [-0.15, -0.1) is 0 Å². The molecule has 8 fully saturated rings. The van der Waals surface area contributed by atoms with Crippen LogP contribution in [0.2, 0.25) is 0 Å². The lowest BCUT2D eigenvalue weighted by Crippen LogP contribution is -2.52. The maximum atomic E-state index is 11.3. The van der Waals surface area contributed by atoms with Crippen LogP contribution in [0, 0.1) is 35.5 Å². The molecule has 8 saturated carbocycles. The first-order chi connectivity index (χ1) is 15.5. The summed E-state index contributed by atoms with van der Waals surface area (Å²) in [4.78, 5) is 0. The fourth-order valence-electron chi connectivity index (χ4n) is 11.2. The van der Waals surface area contributed by atoms with Gasteiger partial charge < -0.3 is 10.2 Å². The lowest BCUT2D eigenvalue weighted by Gasteiger charge is -2.61. The van der Waals surface area contributed by atoms with Gasteiger partial charge in [-0.05, 0) is 164 Å². The van der Waals surface area contributed by atoms with Crippen molar-refractivity contribution in [1.82, 2.24) is 0 Å². The molecule has 2 heteroatoms. The van der Waals surface area contributed by atoms with Crippen LogP contribution in [0.15, 0.2) is 24.3 Å². The summed E-state index contributed by atoms with van der Waals surface area (Å²) >= 11 is 0. The highest BCUT2D eigenvalue weighted by Gasteiger charge is 2.57. The van der Waals surface area contributed by atoms with Crippen LogP contribution >= 0.6 is 0 Å². The van der Waals surface area contributed by atoms with Crippen LogP contribution in [0.3, 0.4) is 0 Å². The van der Waals surface area contributed by atoms with Crippen molar-refractivity contribution in [3.8, 4) is 11.5 Å². The fraction of sp³-hybridized carbons (Fsp3) is 0.667. The largest absolute Gasteiger partial charge is 0.508 e. The third-order valence-electron chi connectivity index (χ3n) is 11.3. The van der Waals surface area contributed by atoms with E-state index in [1.54, 1.807) is 11.6 Å². The Labute approximate surface area is 191 Å². The second-order valence-electron chi connectivity index (χ2n) is 13.4. The van der Waals surface area contributed by atoms with Gasteiger partial charge in [0.25, 0.3) is 0 Å². The van der Waals surface area contributed by atoms with E-state index in [0.29, 0.717) is 11.5 Å². The summed E-state index contributed by atoms with van der Waals surface area (Å²) in [5, 5.41) is 24.0. The number of aromatic hydroxyl groups is 2. The topological polar surface area (TPSA) is 40.5 Å². The van der Waals surface area contributed by atoms with E-state index in [9.17, 15) is 10.2 Å². The molecule has 8 aliphatic rings. The first-order valence-electron chi connectivity index (χ1n) is 13.5. The summed E-state index contributed by atoms with van der Waals surface area (Å²) in [6.45, 7) is 0. The zero-order chi connectivity index (χ0) is 21.2. The first-order valence-corrected chi connectivity index (χ1v) is 13.5. The van der Waals surface area contributed by atoms with Crippen molar-refractivity contribution in [3.05, 3.63) is 35.4 Å². The minimum atomic E-state index is 0.268. The van der Waals surface area contributed by atoms with Crippen LogP contribution in [-0.4, -0.2) is 10.2 Å². The van der Waals surface area contributed by atoms with Crippen LogP contribution in [0.1, 0.15) is 88.2 Å².